The predicted molar refractivity (Wildman–Crippen MR) is 156 cm³/mol. The third kappa shape index (κ3) is 5.09. The van der Waals surface area contributed by atoms with Crippen LogP contribution in [0.25, 0.3) is 22.2 Å². The molecule has 0 spiro atoms. The van der Waals surface area contributed by atoms with E-state index in [1.807, 2.05) is 36.4 Å². The number of halogens is 2. The summed E-state index contributed by atoms with van der Waals surface area (Å²) in [5.74, 6) is 1.05. The molecule has 0 saturated heterocycles. The molecule has 0 amide bonds. The van der Waals surface area contributed by atoms with Crippen molar-refractivity contribution in [1.29, 1.82) is 0 Å². The summed E-state index contributed by atoms with van der Waals surface area (Å²) >= 11 is 13.1. The highest BCUT2D eigenvalue weighted by Crippen LogP contribution is 2.55. The maximum atomic E-state index is 11.2. The second-order valence-corrected chi connectivity index (χ2v) is 12.7. The molecule has 41 heavy (non-hydrogen) atoms. The van der Waals surface area contributed by atoms with E-state index in [1.165, 1.54) is 6.07 Å². The lowest BCUT2D eigenvalue weighted by atomic mass is 9.59. The molecule has 4 saturated carbocycles. The van der Waals surface area contributed by atoms with Crippen molar-refractivity contribution in [1.82, 2.24) is 10.1 Å². The average molecular weight is 594 g/mol. The second kappa shape index (κ2) is 10.3. The Morgan fingerprint density at radius 1 is 1.00 bits per heavy atom. The lowest BCUT2D eigenvalue weighted by Gasteiger charge is -2.52. The van der Waals surface area contributed by atoms with Crippen LogP contribution >= 0.6 is 23.2 Å². The van der Waals surface area contributed by atoms with E-state index >= 15 is 0 Å². The minimum absolute atomic E-state index is 0.0388. The average Bonchev–Trinajstić information content (AvgIpc) is 3.75. The number of fused-ring (bicyclic) bond motifs is 4. The van der Waals surface area contributed by atoms with E-state index in [4.69, 9.17) is 37.2 Å². The lowest BCUT2D eigenvalue weighted by Crippen LogP contribution is -2.49. The minimum Gasteiger partial charge on any atom is -0.493 e. The molecule has 2 aromatic heterocycles. The van der Waals surface area contributed by atoms with Gasteiger partial charge in [-0.2, -0.15) is 0 Å². The molecule has 4 aliphatic carbocycles. The van der Waals surface area contributed by atoms with Crippen molar-refractivity contribution in [2.45, 2.75) is 69.5 Å². The molecule has 0 unspecified atom stereocenters. The number of aromatic nitrogens is 2. The van der Waals surface area contributed by atoms with Crippen molar-refractivity contribution in [3.05, 3.63) is 75.6 Å². The first kappa shape index (κ1) is 26.7. The van der Waals surface area contributed by atoms with Crippen molar-refractivity contribution in [2.75, 3.05) is 6.61 Å². The molecule has 0 atom stereocenters. The fraction of sp³-hybridized carbons (Fsp3) is 0.406. The first-order valence-electron chi connectivity index (χ1n) is 14.2. The zero-order valence-corrected chi connectivity index (χ0v) is 24.0. The van der Waals surface area contributed by atoms with Crippen LogP contribution in [0.1, 0.15) is 79.1 Å². The van der Waals surface area contributed by atoms with E-state index in [0.717, 1.165) is 73.8 Å². The first-order chi connectivity index (χ1) is 19.8. The number of carboxylic acid groups (broad SMARTS) is 1. The summed E-state index contributed by atoms with van der Waals surface area (Å²) in [6.45, 7) is 1.09. The number of hydrogen-bond donors (Lipinski definition) is 1. The minimum atomic E-state index is -1.03. The Kier molecular flexibility index (Phi) is 6.72. The van der Waals surface area contributed by atoms with Gasteiger partial charge in [-0.25, -0.2) is 9.78 Å². The molecule has 4 aliphatic rings. The fourth-order valence-electron chi connectivity index (χ4n) is 6.48. The Hall–Kier alpha value is -3.13. The summed E-state index contributed by atoms with van der Waals surface area (Å²) in [5.41, 5.74) is 3.04. The van der Waals surface area contributed by atoms with Crippen molar-refractivity contribution in [3.8, 4) is 17.0 Å². The Labute approximate surface area is 247 Å². The standard InChI is InChI=1S/C32H30Cl2N2O5/c33-23-2-1-3-24(34)27(23)28-22(29(41-36-28)19-4-5-19)17-40-32-13-10-31(11-14-32,12-15-32)18-39-21-7-9-25-20(16-21)6-8-26(35-25)30(37)38/h1-3,6-9,16,19H,4-5,10-15,17-18H2,(H,37,38). The molecule has 0 aliphatic heterocycles. The van der Waals surface area contributed by atoms with E-state index < -0.39 is 5.97 Å². The van der Waals surface area contributed by atoms with Gasteiger partial charge in [-0.1, -0.05) is 40.5 Å². The van der Waals surface area contributed by atoms with Crippen LogP contribution in [0.15, 0.2) is 53.1 Å². The molecule has 2 bridgehead atoms. The van der Waals surface area contributed by atoms with Crippen LogP contribution in [0.2, 0.25) is 10.0 Å². The zero-order chi connectivity index (χ0) is 28.2. The molecule has 8 rings (SSSR count). The van der Waals surface area contributed by atoms with E-state index in [0.29, 0.717) is 46.0 Å². The van der Waals surface area contributed by atoms with Crippen LogP contribution in [-0.4, -0.2) is 33.4 Å². The Morgan fingerprint density at radius 2 is 1.73 bits per heavy atom. The third-order valence-electron chi connectivity index (χ3n) is 9.25. The normalized spacial score (nSPS) is 23.7. The molecule has 212 valence electrons. The fourth-order valence-corrected chi connectivity index (χ4v) is 7.06. The number of carbonyl (C=O) groups is 1. The van der Waals surface area contributed by atoms with Crippen LogP contribution in [0, 0.1) is 5.41 Å². The molecule has 4 fully saturated rings. The Balaban J connectivity index is 1.02. The van der Waals surface area contributed by atoms with Crippen molar-refractivity contribution in [2.24, 2.45) is 5.41 Å². The van der Waals surface area contributed by atoms with Gasteiger partial charge in [-0.05, 0) is 87.8 Å². The van der Waals surface area contributed by atoms with E-state index in [2.05, 4.69) is 10.1 Å². The summed E-state index contributed by atoms with van der Waals surface area (Å²) in [4.78, 5) is 15.4. The Morgan fingerprint density at radius 3 is 2.41 bits per heavy atom. The van der Waals surface area contributed by atoms with Gasteiger partial charge in [0.25, 0.3) is 0 Å². The smallest absolute Gasteiger partial charge is 0.354 e. The van der Waals surface area contributed by atoms with Gasteiger partial charge in [-0.3, -0.25) is 0 Å². The molecular formula is C32H30Cl2N2O5. The predicted octanol–water partition coefficient (Wildman–Crippen LogP) is 8.46. The largest absolute Gasteiger partial charge is 0.493 e. The number of nitrogens with zero attached hydrogens (tertiary/aromatic N) is 2. The van der Waals surface area contributed by atoms with Gasteiger partial charge in [-0.15, -0.1) is 0 Å². The van der Waals surface area contributed by atoms with Crippen LogP contribution in [0.5, 0.6) is 5.75 Å². The first-order valence-corrected chi connectivity index (χ1v) is 14.9. The van der Waals surface area contributed by atoms with Crippen molar-refractivity contribution < 1.29 is 23.9 Å². The van der Waals surface area contributed by atoms with Gasteiger partial charge in [0.2, 0.25) is 0 Å². The highest BCUT2D eigenvalue weighted by atomic mass is 35.5. The number of pyridine rings is 1. The summed E-state index contributed by atoms with van der Waals surface area (Å²) in [5, 5.41) is 15.6. The molecule has 7 nitrogen and oxygen atoms in total. The summed E-state index contributed by atoms with van der Waals surface area (Å²) in [7, 11) is 0. The molecule has 4 aromatic rings. The van der Waals surface area contributed by atoms with Crippen LogP contribution in [0.3, 0.4) is 0 Å². The highest BCUT2D eigenvalue weighted by molar-refractivity contribution is 6.39. The number of rotatable bonds is 9. The molecule has 9 heteroatoms. The number of benzene rings is 2. The molecule has 1 N–H and O–H groups in total. The Bertz CT molecular complexity index is 1600. The van der Waals surface area contributed by atoms with Crippen LogP contribution in [0.4, 0.5) is 0 Å². The molecule has 0 radical (unpaired) electrons. The maximum Gasteiger partial charge on any atom is 0.354 e. The van der Waals surface area contributed by atoms with E-state index in [1.54, 1.807) is 6.07 Å². The van der Waals surface area contributed by atoms with E-state index in [-0.39, 0.29) is 16.7 Å². The number of aromatic carboxylic acids is 1. The van der Waals surface area contributed by atoms with Gasteiger partial charge in [0.15, 0.2) is 0 Å². The van der Waals surface area contributed by atoms with Crippen LogP contribution in [-0.2, 0) is 11.3 Å². The number of carboxylic acids is 1. The number of ether oxygens (including phenoxy) is 2. The highest BCUT2D eigenvalue weighted by Gasteiger charge is 2.50. The zero-order valence-electron chi connectivity index (χ0n) is 22.5. The van der Waals surface area contributed by atoms with Crippen LogP contribution < -0.4 is 4.74 Å². The van der Waals surface area contributed by atoms with Gasteiger partial charge >= 0.3 is 5.97 Å². The summed E-state index contributed by atoms with van der Waals surface area (Å²) < 4.78 is 18.9. The molecule has 2 aromatic carbocycles. The van der Waals surface area contributed by atoms with Gasteiger partial charge in [0.1, 0.15) is 22.9 Å². The van der Waals surface area contributed by atoms with E-state index in [9.17, 15) is 9.90 Å². The third-order valence-corrected chi connectivity index (χ3v) is 9.88. The quantitative estimate of drug-likeness (QED) is 0.208. The van der Waals surface area contributed by atoms with Crippen molar-refractivity contribution in [3.63, 3.8) is 0 Å². The maximum absolute atomic E-state index is 11.2. The van der Waals surface area contributed by atoms with Gasteiger partial charge in [0.05, 0.1) is 34.4 Å². The molecular weight excluding hydrogens is 563 g/mol. The second-order valence-electron chi connectivity index (χ2n) is 11.9. The lowest BCUT2D eigenvalue weighted by molar-refractivity contribution is -0.150. The number of hydrogen-bond acceptors (Lipinski definition) is 6. The molecule has 2 heterocycles. The van der Waals surface area contributed by atoms with Gasteiger partial charge in [0, 0.05) is 27.8 Å². The monoisotopic (exact) mass is 592 g/mol. The summed E-state index contributed by atoms with van der Waals surface area (Å²) in [6, 6.07) is 14.4. The van der Waals surface area contributed by atoms with Crippen molar-refractivity contribution >= 4 is 40.1 Å². The topological polar surface area (TPSA) is 94.7 Å². The van der Waals surface area contributed by atoms with Gasteiger partial charge < -0.3 is 19.1 Å². The SMILES string of the molecule is O=C(O)c1ccc2cc(OCC34CCC(OCc5c(-c6c(Cl)cccc6Cl)noc5C5CC5)(CC3)CC4)ccc2n1. The summed E-state index contributed by atoms with van der Waals surface area (Å²) in [6.07, 6.45) is 8.31.